The molecule has 1 saturated carbocycles. The van der Waals surface area contributed by atoms with Crippen LogP contribution in [0.3, 0.4) is 0 Å². The molecule has 1 aromatic carbocycles. The van der Waals surface area contributed by atoms with E-state index < -0.39 is 0 Å². The Kier molecular flexibility index (Phi) is 5.48. The van der Waals surface area contributed by atoms with Crippen LogP contribution in [0.4, 0.5) is 5.69 Å². The van der Waals surface area contributed by atoms with Gasteiger partial charge in [-0.15, -0.1) is 0 Å². The summed E-state index contributed by atoms with van der Waals surface area (Å²) >= 11 is 0. The van der Waals surface area contributed by atoms with Gasteiger partial charge in [-0.1, -0.05) is 25.1 Å². The Morgan fingerprint density at radius 2 is 2.10 bits per heavy atom. The molecule has 2 rings (SSSR count). The van der Waals surface area contributed by atoms with Gasteiger partial charge in [0.2, 0.25) is 0 Å². The zero-order chi connectivity index (χ0) is 15.2. The number of rotatable bonds is 6. The fraction of sp³-hybridized carbons (Fsp3) is 0.588. The predicted octanol–water partition coefficient (Wildman–Crippen LogP) is 2.39. The zero-order valence-electron chi connectivity index (χ0n) is 13.7. The van der Waals surface area contributed by atoms with Crippen molar-refractivity contribution in [1.29, 1.82) is 0 Å². The Bertz CT molecular complexity index is 483. The average Bonchev–Trinajstić information content (AvgIpc) is 3.18. The summed E-state index contributed by atoms with van der Waals surface area (Å²) < 4.78 is 0. The number of nitrogens with one attached hydrogen (secondary N) is 2. The van der Waals surface area contributed by atoms with Crippen LogP contribution in [0.2, 0.25) is 0 Å². The highest BCUT2D eigenvalue weighted by atomic mass is 15.2. The van der Waals surface area contributed by atoms with Crippen LogP contribution in [-0.4, -0.2) is 38.7 Å². The van der Waals surface area contributed by atoms with Gasteiger partial charge in [-0.05, 0) is 37.8 Å². The first-order chi connectivity index (χ1) is 10.2. The zero-order valence-corrected chi connectivity index (χ0v) is 13.7. The van der Waals surface area contributed by atoms with Crippen LogP contribution in [0.5, 0.6) is 0 Å². The first-order valence-corrected chi connectivity index (χ1v) is 7.93. The molecule has 0 saturated heterocycles. The molecule has 21 heavy (non-hydrogen) atoms. The van der Waals surface area contributed by atoms with Crippen molar-refractivity contribution in [2.75, 3.05) is 31.6 Å². The Morgan fingerprint density at radius 1 is 1.38 bits per heavy atom. The largest absolute Gasteiger partial charge is 0.370 e. The number of hydrogen-bond donors (Lipinski definition) is 2. The average molecular weight is 288 g/mol. The van der Waals surface area contributed by atoms with Crippen molar-refractivity contribution in [2.24, 2.45) is 10.9 Å². The molecule has 2 atom stereocenters. The van der Waals surface area contributed by atoms with E-state index in [4.69, 9.17) is 0 Å². The summed E-state index contributed by atoms with van der Waals surface area (Å²) in [5.74, 6) is 1.70. The molecular weight excluding hydrogens is 260 g/mol. The minimum atomic E-state index is 0.606. The topological polar surface area (TPSA) is 39.7 Å². The Labute approximate surface area is 128 Å². The van der Waals surface area contributed by atoms with Crippen molar-refractivity contribution in [2.45, 2.75) is 33.2 Å². The molecule has 1 aliphatic carbocycles. The molecule has 1 fully saturated rings. The van der Waals surface area contributed by atoms with Crippen molar-refractivity contribution < 1.29 is 0 Å². The number of para-hydroxylation sites is 1. The summed E-state index contributed by atoms with van der Waals surface area (Å²) in [6, 6.07) is 9.16. The van der Waals surface area contributed by atoms with Gasteiger partial charge in [0.1, 0.15) is 0 Å². The third-order valence-corrected chi connectivity index (χ3v) is 4.17. The summed E-state index contributed by atoms with van der Waals surface area (Å²) in [6.07, 6.45) is 1.25. The van der Waals surface area contributed by atoms with Crippen LogP contribution in [0.25, 0.3) is 0 Å². The minimum absolute atomic E-state index is 0.606. The number of aliphatic imine (C=N–C) groups is 1. The molecule has 0 heterocycles. The van der Waals surface area contributed by atoms with Crippen LogP contribution in [0, 0.1) is 12.8 Å². The molecule has 0 aliphatic heterocycles. The quantitative estimate of drug-likeness (QED) is 0.624. The number of likely N-dealkylation sites (N-methyl/N-ethyl adjacent to an activating group) is 1. The van der Waals surface area contributed by atoms with Gasteiger partial charge in [0, 0.05) is 38.4 Å². The monoisotopic (exact) mass is 288 g/mol. The minimum Gasteiger partial charge on any atom is -0.370 e. The van der Waals surface area contributed by atoms with Crippen LogP contribution in [-0.2, 0) is 0 Å². The van der Waals surface area contributed by atoms with Gasteiger partial charge in [0.05, 0.1) is 0 Å². The second kappa shape index (κ2) is 7.34. The molecule has 4 nitrogen and oxygen atoms in total. The number of benzene rings is 1. The van der Waals surface area contributed by atoms with Crippen LogP contribution < -0.4 is 15.5 Å². The second-order valence-corrected chi connectivity index (χ2v) is 5.83. The van der Waals surface area contributed by atoms with Crippen molar-refractivity contribution in [3.63, 3.8) is 0 Å². The molecule has 0 bridgehead atoms. The molecule has 1 aromatic rings. The van der Waals surface area contributed by atoms with Crippen LogP contribution in [0.15, 0.2) is 29.3 Å². The maximum atomic E-state index is 4.29. The van der Waals surface area contributed by atoms with E-state index in [-0.39, 0.29) is 0 Å². The van der Waals surface area contributed by atoms with Crippen LogP contribution in [0.1, 0.15) is 25.8 Å². The van der Waals surface area contributed by atoms with E-state index in [0.29, 0.717) is 6.04 Å². The third-order valence-electron chi connectivity index (χ3n) is 4.17. The smallest absolute Gasteiger partial charge is 0.191 e. The summed E-state index contributed by atoms with van der Waals surface area (Å²) in [7, 11) is 1.83. The van der Waals surface area contributed by atoms with E-state index in [0.717, 1.165) is 31.5 Å². The van der Waals surface area contributed by atoms with Crippen molar-refractivity contribution in [3.05, 3.63) is 29.8 Å². The first-order valence-electron chi connectivity index (χ1n) is 7.93. The highest BCUT2D eigenvalue weighted by molar-refractivity contribution is 5.80. The van der Waals surface area contributed by atoms with Crippen molar-refractivity contribution in [3.8, 4) is 0 Å². The lowest BCUT2D eigenvalue weighted by atomic mass is 10.2. The molecule has 1 aliphatic rings. The molecule has 0 spiro atoms. The van der Waals surface area contributed by atoms with E-state index in [2.05, 4.69) is 65.6 Å². The maximum Gasteiger partial charge on any atom is 0.191 e. The Balaban J connectivity index is 1.81. The van der Waals surface area contributed by atoms with E-state index in [1.54, 1.807) is 0 Å². The predicted molar refractivity (Wildman–Crippen MR) is 91.1 cm³/mol. The lowest BCUT2D eigenvalue weighted by Gasteiger charge is -2.25. The van der Waals surface area contributed by atoms with E-state index in [1.807, 2.05) is 7.05 Å². The van der Waals surface area contributed by atoms with Gasteiger partial charge in [0.25, 0.3) is 0 Å². The van der Waals surface area contributed by atoms with Gasteiger partial charge in [-0.25, -0.2) is 0 Å². The number of guanidine groups is 1. The molecule has 0 aromatic heterocycles. The summed E-state index contributed by atoms with van der Waals surface area (Å²) in [5, 5.41) is 6.87. The molecule has 4 heteroatoms. The SMILES string of the molecule is CCN(CCNC(=NC)NC1CC1C)c1ccccc1C. The molecule has 0 radical (unpaired) electrons. The van der Waals surface area contributed by atoms with Gasteiger partial charge in [-0.2, -0.15) is 0 Å². The molecule has 0 amide bonds. The molecule has 2 N–H and O–H groups in total. The van der Waals surface area contributed by atoms with Crippen molar-refractivity contribution in [1.82, 2.24) is 10.6 Å². The lowest BCUT2D eigenvalue weighted by Crippen LogP contribution is -2.42. The normalized spacial score (nSPS) is 21.0. The lowest BCUT2D eigenvalue weighted by molar-refractivity contribution is 0.733. The fourth-order valence-electron chi connectivity index (χ4n) is 2.57. The standard InChI is InChI=1S/C17H28N4/c1-5-21(16-9-7-6-8-13(16)2)11-10-19-17(18-4)20-15-12-14(15)3/h6-9,14-15H,5,10-12H2,1-4H3,(H2,18,19,20). The van der Waals surface area contributed by atoms with Crippen LogP contribution >= 0.6 is 0 Å². The maximum absolute atomic E-state index is 4.29. The fourth-order valence-corrected chi connectivity index (χ4v) is 2.57. The summed E-state index contributed by atoms with van der Waals surface area (Å²) in [5.41, 5.74) is 2.65. The summed E-state index contributed by atoms with van der Waals surface area (Å²) in [4.78, 5) is 6.69. The van der Waals surface area contributed by atoms with Gasteiger partial charge < -0.3 is 15.5 Å². The van der Waals surface area contributed by atoms with Gasteiger partial charge >= 0.3 is 0 Å². The van der Waals surface area contributed by atoms with E-state index >= 15 is 0 Å². The Morgan fingerprint density at radius 3 is 2.67 bits per heavy atom. The molecular formula is C17H28N4. The number of nitrogens with zero attached hydrogens (tertiary/aromatic N) is 2. The van der Waals surface area contributed by atoms with E-state index in [1.165, 1.54) is 17.7 Å². The molecule has 116 valence electrons. The van der Waals surface area contributed by atoms with Gasteiger partial charge in [-0.3, -0.25) is 4.99 Å². The number of hydrogen-bond acceptors (Lipinski definition) is 2. The summed E-state index contributed by atoms with van der Waals surface area (Å²) in [6.45, 7) is 9.51. The second-order valence-electron chi connectivity index (χ2n) is 5.83. The number of anilines is 1. The number of aryl methyl sites for hydroxylation is 1. The third kappa shape index (κ3) is 4.38. The highest BCUT2D eigenvalue weighted by Crippen LogP contribution is 2.28. The van der Waals surface area contributed by atoms with E-state index in [9.17, 15) is 0 Å². The molecule has 2 unspecified atom stereocenters. The highest BCUT2D eigenvalue weighted by Gasteiger charge is 2.33. The van der Waals surface area contributed by atoms with Crippen molar-refractivity contribution >= 4 is 11.6 Å². The Hall–Kier alpha value is -1.71. The first kappa shape index (κ1) is 15.7. The van der Waals surface area contributed by atoms with Gasteiger partial charge in [0.15, 0.2) is 5.96 Å².